The zero-order chi connectivity index (χ0) is 12.1. The zero-order valence-corrected chi connectivity index (χ0v) is 11.1. The van der Waals surface area contributed by atoms with Crippen LogP contribution in [0.1, 0.15) is 24.0 Å². The Balaban J connectivity index is 0.00000162. The quantitative estimate of drug-likeness (QED) is 0.874. The lowest BCUT2D eigenvalue weighted by molar-refractivity contribution is 0.414. The van der Waals surface area contributed by atoms with E-state index in [1.165, 1.54) is 11.1 Å². The fraction of sp³-hybridized carbons (Fsp3) is 0.250. The van der Waals surface area contributed by atoms with Crippen LogP contribution in [0.4, 0.5) is 0 Å². The molecular formula is C16H21NO. The van der Waals surface area contributed by atoms with E-state index in [0.717, 1.165) is 12.2 Å². The van der Waals surface area contributed by atoms with Crippen LogP contribution in [-0.2, 0) is 6.42 Å². The molecule has 3 N–H and O–H groups in total. The molecule has 0 aliphatic rings. The third-order valence-corrected chi connectivity index (χ3v) is 3.05. The first-order valence-electron chi connectivity index (χ1n) is 5.97. The summed E-state index contributed by atoms with van der Waals surface area (Å²) in [5.41, 5.74) is 2.70. The highest BCUT2D eigenvalue weighted by atomic mass is 16.5. The van der Waals surface area contributed by atoms with Crippen LogP contribution in [0.25, 0.3) is 0 Å². The molecule has 0 fully saturated rings. The molecular weight excluding hydrogens is 222 g/mol. The first kappa shape index (κ1) is 14.3. The molecule has 2 heteroatoms. The Hall–Kier alpha value is -1.80. The molecule has 2 aromatic rings. The van der Waals surface area contributed by atoms with Crippen LogP contribution >= 0.6 is 0 Å². The van der Waals surface area contributed by atoms with Crippen molar-refractivity contribution < 1.29 is 4.74 Å². The number of benzene rings is 2. The van der Waals surface area contributed by atoms with Crippen molar-refractivity contribution in [3.8, 4) is 5.75 Å². The van der Waals surface area contributed by atoms with Crippen molar-refractivity contribution in [1.82, 2.24) is 6.15 Å². The van der Waals surface area contributed by atoms with Gasteiger partial charge in [-0.2, -0.15) is 0 Å². The summed E-state index contributed by atoms with van der Waals surface area (Å²) in [4.78, 5) is 0. The van der Waals surface area contributed by atoms with Crippen LogP contribution in [0.5, 0.6) is 5.75 Å². The fourth-order valence-electron chi connectivity index (χ4n) is 2.03. The van der Waals surface area contributed by atoms with Crippen molar-refractivity contribution in [2.24, 2.45) is 0 Å². The van der Waals surface area contributed by atoms with E-state index < -0.39 is 0 Å². The molecule has 0 spiro atoms. The highest BCUT2D eigenvalue weighted by Gasteiger charge is 2.07. The normalized spacial score (nSPS) is 11.4. The first-order valence-corrected chi connectivity index (χ1v) is 5.97. The molecule has 1 atom stereocenters. The zero-order valence-electron chi connectivity index (χ0n) is 11.1. The summed E-state index contributed by atoms with van der Waals surface area (Å²) in [5, 5.41) is 0. The Kier molecular flexibility index (Phi) is 5.40. The predicted molar refractivity (Wildman–Crippen MR) is 76.6 cm³/mol. The van der Waals surface area contributed by atoms with Crippen LogP contribution in [0, 0.1) is 0 Å². The Bertz CT molecular complexity index is 468. The van der Waals surface area contributed by atoms with Gasteiger partial charge in [0.15, 0.2) is 0 Å². The Morgan fingerprint density at radius 2 is 1.72 bits per heavy atom. The lowest BCUT2D eigenvalue weighted by Gasteiger charge is -2.13. The van der Waals surface area contributed by atoms with E-state index in [2.05, 4.69) is 55.5 Å². The van der Waals surface area contributed by atoms with Gasteiger partial charge in [-0.1, -0.05) is 49.4 Å². The Labute approximate surface area is 109 Å². The molecule has 0 bridgehead atoms. The molecule has 2 rings (SSSR count). The van der Waals surface area contributed by atoms with Gasteiger partial charge in [-0.05, 0) is 35.6 Å². The molecule has 0 aliphatic heterocycles. The molecule has 1 unspecified atom stereocenters. The summed E-state index contributed by atoms with van der Waals surface area (Å²) in [6, 6.07) is 18.9. The molecule has 0 aromatic heterocycles. The lowest BCUT2D eigenvalue weighted by Crippen LogP contribution is -1.98. The van der Waals surface area contributed by atoms with E-state index >= 15 is 0 Å². The van der Waals surface area contributed by atoms with Crippen molar-refractivity contribution in [3.63, 3.8) is 0 Å². The summed E-state index contributed by atoms with van der Waals surface area (Å²) in [5.74, 6) is 1.44. The highest BCUT2D eigenvalue weighted by molar-refractivity contribution is 5.31. The van der Waals surface area contributed by atoms with Crippen LogP contribution in [0.15, 0.2) is 54.6 Å². The molecule has 0 saturated carbocycles. The third-order valence-electron chi connectivity index (χ3n) is 3.05. The van der Waals surface area contributed by atoms with Gasteiger partial charge in [0, 0.05) is 0 Å². The summed E-state index contributed by atoms with van der Waals surface area (Å²) >= 11 is 0. The molecule has 2 aromatic carbocycles. The van der Waals surface area contributed by atoms with Gasteiger partial charge in [0.1, 0.15) is 5.75 Å². The second-order valence-electron chi connectivity index (χ2n) is 4.37. The summed E-state index contributed by atoms with van der Waals surface area (Å²) in [6.07, 6.45) is 1.06. The Morgan fingerprint density at radius 1 is 1.00 bits per heavy atom. The molecule has 0 aliphatic carbocycles. The van der Waals surface area contributed by atoms with Crippen LogP contribution < -0.4 is 10.9 Å². The Morgan fingerprint density at radius 3 is 2.39 bits per heavy atom. The van der Waals surface area contributed by atoms with Gasteiger partial charge in [-0.15, -0.1) is 0 Å². The van der Waals surface area contributed by atoms with E-state index in [0.29, 0.717) is 5.92 Å². The average molecular weight is 243 g/mol. The maximum Gasteiger partial charge on any atom is 0.119 e. The number of rotatable bonds is 4. The van der Waals surface area contributed by atoms with Gasteiger partial charge in [0.2, 0.25) is 0 Å². The monoisotopic (exact) mass is 243 g/mol. The van der Waals surface area contributed by atoms with Crippen molar-refractivity contribution >= 4 is 0 Å². The van der Waals surface area contributed by atoms with Gasteiger partial charge in [0.05, 0.1) is 7.11 Å². The third kappa shape index (κ3) is 3.60. The molecule has 0 saturated heterocycles. The molecule has 2 nitrogen and oxygen atoms in total. The van der Waals surface area contributed by atoms with E-state index in [-0.39, 0.29) is 6.15 Å². The van der Waals surface area contributed by atoms with Crippen LogP contribution in [-0.4, -0.2) is 7.11 Å². The van der Waals surface area contributed by atoms with Gasteiger partial charge < -0.3 is 10.9 Å². The average Bonchev–Trinajstić information content (AvgIpc) is 2.40. The predicted octanol–water partition coefficient (Wildman–Crippen LogP) is 4.20. The van der Waals surface area contributed by atoms with Crippen LogP contribution in [0.3, 0.4) is 0 Å². The van der Waals surface area contributed by atoms with Crippen molar-refractivity contribution in [1.29, 1.82) is 0 Å². The minimum absolute atomic E-state index is 0. The fourth-order valence-corrected chi connectivity index (χ4v) is 2.03. The smallest absolute Gasteiger partial charge is 0.119 e. The molecule has 96 valence electrons. The number of hydrogen-bond donors (Lipinski definition) is 1. The van der Waals surface area contributed by atoms with E-state index in [4.69, 9.17) is 4.74 Å². The second kappa shape index (κ2) is 6.82. The van der Waals surface area contributed by atoms with Gasteiger partial charge in [0.25, 0.3) is 0 Å². The topological polar surface area (TPSA) is 44.2 Å². The van der Waals surface area contributed by atoms with Gasteiger partial charge >= 0.3 is 0 Å². The standard InChI is InChI=1S/C16H18O.H3N/c1-13(11-14-7-4-3-5-8-14)15-9-6-10-16(12-15)17-2;/h3-10,12-13H,11H2,1-2H3;1H3. The maximum atomic E-state index is 5.26. The molecule has 0 heterocycles. The second-order valence-corrected chi connectivity index (χ2v) is 4.37. The largest absolute Gasteiger partial charge is 0.497 e. The van der Waals surface area contributed by atoms with Crippen LogP contribution in [0.2, 0.25) is 0 Å². The molecule has 0 amide bonds. The van der Waals surface area contributed by atoms with Crippen molar-refractivity contribution in [3.05, 3.63) is 65.7 Å². The summed E-state index contributed by atoms with van der Waals surface area (Å²) < 4.78 is 5.26. The minimum atomic E-state index is 0. The van der Waals surface area contributed by atoms with E-state index in [1.807, 2.05) is 6.07 Å². The van der Waals surface area contributed by atoms with E-state index in [1.54, 1.807) is 7.11 Å². The van der Waals surface area contributed by atoms with Gasteiger partial charge in [-0.3, -0.25) is 0 Å². The van der Waals surface area contributed by atoms with Gasteiger partial charge in [-0.25, -0.2) is 0 Å². The molecule has 0 radical (unpaired) electrons. The molecule has 18 heavy (non-hydrogen) atoms. The first-order chi connectivity index (χ1) is 8.29. The minimum Gasteiger partial charge on any atom is -0.497 e. The van der Waals surface area contributed by atoms with Crippen molar-refractivity contribution in [2.45, 2.75) is 19.3 Å². The van der Waals surface area contributed by atoms with E-state index in [9.17, 15) is 0 Å². The number of methoxy groups -OCH3 is 1. The number of ether oxygens (including phenoxy) is 1. The SMILES string of the molecule is COc1cccc(C(C)Cc2ccccc2)c1.N. The maximum absolute atomic E-state index is 5.26. The van der Waals surface area contributed by atoms with Crippen molar-refractivity contribution in [2.75, 3.05) is 7.11 Å². The lowest BCUT2D eigenvalue weighted by atomic mass is 9.94. The number of hydrogen-bond acceptors (Lipinski definition) is 2. The summed E-state index contributed by atoms with van der Waals surface area (Å²) in [6.45, 7) is 2.25. The summed E-state index contributed by atoms with van der Waals surface area (Å²) in [7, 11) is 1.71. The highest BCUT2D eigenvalue weighted by Crippen LogP contribution is 2.23.